The Balaban J connectivity index is 1.56. The number of fused-ring (bicyclic) bond motifs is 5. The number of piperidine rings is 1. The second kappa shape index (κ2) is 8.93. The van der Waals surface area contributed by atoms with Crippen molar-refractivity contribution < 1.29 is 14.6 Å². The molecule has 6 rings (SSSR count). The van der Waals surface area contributed by atoms with Crippen LogP contribution in [0, 0.1) is 12.8 Å². The van der Waals surface area contributed by atoms with Crippen LogP contribution in [0.4, 0.5) is 0 Å². The molecule has 7 nitrogen and oxygen atoms in total. The van der Waals surface area contributed by atoms with Gasteiger partial charge < -0.3 is 14.4 Å². The Kier molecular flexibility index (Phi) is 5.93. The summed E-state index contributed by atoms with van der Waals surface area (Å²) in [6, 6.07) is 5.88. The van der Waals surface area contributed by atoms with Gasteiger partial charge in [0.1, 0.15) is 12.2 Å². The number of rotatable bonds is 3. The number of carbonyl (C=O) groups is 1. The number of cyclic esters (lactones) is 1. The molecular weight excluding hydrogens is 490 g/mol. The normalized spacial score (nSPS) is 21.9. The number of benzene rings is 1. The summed E-state index contributed by atoms with van der Waals surface area (Å²) in [5.74, 6) is 0.236. The molecule has 0 spiro atoms. The topological polar surface area (TPSA) is 84.7 Å². The Bertz CT molecular complexity index is 1510. The second-order valence-corrected chi connectivity index (χ2v) is 11.4. The maximum Gasteiger partial charge on any atom is 0.309 e. The Morgan fingerprint density at radius 3 is 2.68 bits per heavy atom. The molecule has 3 aliphatic heterocycles. The number of esters is 1. The SMILES string of the molecule is CCC1(O)CC(=O)OCc2c1cc1n(c2=O)Cc2c-1nc1cc(Cl)c(C)cc1c2CN1CCC(C)CC1. The van der Waals surface area contributed by atoms with E-state index in [-0.39, 0.29) is 18.6 Å². The van der Waals surface area contributed by atoms with Gasteiger partial charge in [-0.15, -0.1) is 0 Å². The lowest BCUT2D eigenvalue weighted by Gasteiger charge is -2.31. The molecule has 0 saturated carbocycles. The van der Waals surface area contributed by atoms with Gasteiger partial charge in [0, 0.05) is 22.5 Å². The highest BCUT2D eigenvalue weighted by atomic mass is 35.5. The van der Waals surface area contributed by atoms with E-state index in [1.165, 1.54) is 18.4 Å². The lowest BCUT2D eigenvalue weighted by atomic mass is 9.85. The summed E-state index contributed by atoms with van der Waals surface area (Å²) in [6.07, 6.45) is 2.47. The summed E-state index contributed by atoms with van der Waals surface area (Å²) in [6.45, 7) is 9.27. The van der Waals surface area contributed by atoms with Crippen LogP contribution in [0.2, 0.25) is 5.02 Å². The van der Waals surface area contributed by atoms with Gasteiger partial charge in [-0.05, 0) is 80.1 Å². The Morgan fingerprint density at radius 2 is 1.95 bits per heavy atom. The van der Waals surface area contributed by atoms with Gasteiger partial charge in [0.25, 0.3) is 5.56 Å². The Labute approximate surface area is 221 Å². The highest BCUT2D eigenvalue weighted by Crippen LogP contribution is 2.41. The number of aromatic nitrogens is 2. The molecule has 1 N–H and O–H groups in total. The molecule has 1 unspecified atom stereocenters. The number of aliphatic hydroxyl groups is 1. The van der Waals surface area contributed by atoms with Crippen LogP contribution in [0.1, 0.15) is 67.3 Å². The zero-order chi connectivity index (χ0) is 26.1. The summed E-state index contributed by atoms with van der Waals surface area (Å²) in [7, 11) is 0. The van der Waals surface area contributed by atoms with Crippen LogP contribution in [0.15, 0.2) is 23.0 Å². The minimum Gasteiger partial charge on any atom is -0.460 e. The van der Waals surface area contributed by atoms with Gasteiger partial charge >= 0.3 is 5.97 Å². The highest BCUT2D eigenvalue weighted by Gasteiger charge is 2.40. The first-order valence-corrected chi connectivity index (χ1v) is 13.6. The lowest BCUT2D eigenvalue weighted by Crippen LogP contribution is -2.33. The van der Waals surface area contributed by atoms with Crippen molar-refractivity contribution in [3.63, 3.8) is 0 Å². The zero-order valence-corrected chi connectivity index (χ0v) is 22.3. The molecule has 0 bridgehead atoms. The Morgan fingerprint density at radius 1 is 1.19 bits per heavy atom. The first-order chi connectivity index (χ1) is 17.7. The molecule has 1 fully saturated rings. The van der Waals surface area contributed by atoms with Crippen molar-refractivity contribution in [2.45, 2.75) is 71.8 Å². The molecule has 0 radical (unpaired) electrons. The van der Waals surface area contributed by atoms with Crippen molar-refractivity contribution in [1.82, 2.24) is 14.5 Å². The third-order valence-electron chi connectivity index (χ3n) is 8.60. The standard InChI is InChI=1S/C29H32ClN3O4/c1-4-29(36)12-26(34)37-15-21-22(29)10-25-27-20(14-33(25)28(21)35)19(13-32-7-5-16(2)6-8-32)18-9-17(3)23(30)11-24(18)31-27/h9-11,16,36H,4-8,12-15H2,1-3H3. The van der Waals surface area contributed by atoms with Crippen molar-refractivity contribution in [2.24, 2.45) is 5.92 Å². The highest BCUT2D eigenvalue weighted by molar-refractivity contribution is 6.32. The molecule has 5 heterocycles. The van der Waals surface area contributed by atoms with Crippen LogP contribution < -0.4 is 5.56 Å². The number of aryl methyl sites for hydroxylation is 1. The smallest absolute Gasteiger partial charge is 0.309 e. The maximum atomic E-state index is 13.8. The summed E-state index contributed by atoms with van der Waals surface area (Å²) in [5, 5.41) is 13.2. The molecule has 3 aromatic rings. The number of likely N-dealkylation sites (tertiary alicyclic amines) is 1. The van der Waals surface area contributed by atoms with E-state index in [9.17, 15) is 14.7 Å². The minimum absolute atomic E-state index is 0.130. The fourth-order valence-corrected chi connectivity index (χ4v) is 6.27. The van der Waals surface area contributed by atoms with Crippen LogP contribution in [0.5, 0.6) is 0 Å². The first-order valence-electron chi connectivity index (χ1n) is 13.2. The molecule has 1 aromatic carbocycles. The van der Waals surface area contributed by atoms with Gasteiger partial charge in [-0.1, -0.05) is 25.4 Å². The largest absolute Gasteiger partial charge is 0.460 e. The number of halogens is 1. The fraction of sp³-hybridized carbons (Fsp3) is 0.483. The maximum absolute atomic E-state index is 13.8. The van der Waals surface area contributed by atoms with Crippen molar-refractivity contribution in [3.05, 3.63) is 61.4 Å². The van der Waals surface area contributed by atoms with Gasteiger partial charge in [-0.25, -0.2) is 4.98 Å². The summed E-state index contributed by atoms with van der Waals surface area (Å²) < 4.78 is 7.04. The molecule has 1 saturated heterocycles. The van der Waals surface area contributed by atoms with Gasteiger partial charge in [-0.3, -0.25) is 14.5 Å². The van der Waals surface area contributed by atoms with E-state index in [4.69, 9.17) is 21.3 Å². The number of hydrogen-bond donors (Lipinski definition) is 1. The molecular formula is C29H32ClN3O4. The first kappa shape index (κ1) is 24.6. The number of nitrogens with zero attached hydrogens (tertiary/aromatic N) is 3. The van der Waals surface area contributed by atoms with Crippen molar-refractivity contribution in [3.8, 4) is 11.4 Å². The number of carbonyl (C=O) groups excluding carboxylic acids is 1. The van der Waals surface area contributed by atoms with E-state index in [1.54, 1.807) is 4.57 Å². The summed E-state index contributed by atoms with van der Waals surface area (Å²) >= 11 is 6.52. The van der Waals surface area contributed by atoms with Crippen molar-refractivity contribution in [2.75, 3.05) is 13.1 Å². The summed E-state index contributed by atoms with van der Waals surface area (Å²) in [5.41, 5.74) is 4.59. The molecule has 37 heavy (non-hydrogen) atoms. The summed E-state index contributed by atoms with van der Waals surface area (Å²) in [4.78, 5) is 33.5. The monoisotopic (exact) mass is 521 g/mol. The van der Waals surface area contributed by atoms with Crippen molar-refractivity contribution >= 4 is 28.5 Å². The third kappa shape index (κ3) is 3.99. The van der Waals surface area contributed by atoms with Crippen molar-refractivity contribution in [1.29, 1.82) is 0 Å². The average Bonchev–Trinajstić information content (AvgIpc) is 3.17. The molecule has 194 valence electrons. The predicted octanol–water partition coefficient (Wildman–Crippen LogP) is 4.66. The molecule has 1 atom stereocenters. The van der Waals surface area contributed by atoms with E-state index in [0.29, 0.717) is 34.8 Å². The number of pyridine rings is 2. The molecule has 3 aliphatic rings. The van der Waals surface area contributed by atoms with Gasteiger partial charge in [0.05, 0.1) is 35.4 Å². The van der Waals surface area contributed by atoms with E-state index in [0.717, 1.165) is 53.3 Å². The van der Waals surface area contributed by atoms with E-state index < -0.39 is 11.6 Å². The minimum atomic E-state index is -1.45. The van der Waals surface area contributed by atoms with Crippen LogP contribution in [0.3, 0.4) is 0 Å². The quantitative estimate of drug-likeness (QED) is 0.395. The molecule has 0 aliphatic carbocycles. The van der Waals surface area contributed by atoms with E-state index >= 15 is 0 Å². The molecule has 2 aromatic heterocycles. The molecule has 0 amide bonds. The predicted molar refractivity (Wildman–Crippen MR) is 143 cm³/mol. The van der Waals surface area contributed by atoms with Crippen LogP contribution in [-0.2, 0) is 34.8 Å². The number of ether oxygens (including phenoxy) is 1. The van der Waals surface area contributed by atoms with Gasteiger partial charge in [0.15, 0.2) is 0 Å². The van der Waals surface area contributed by atoms with Gasteiger partial charge in [-0.2, -0.15) is 0 Å². The van der Waals surface area contributed by atoms with E-state index in [1.807, 2.05) is 26.0 Å². The van der Waals surface area contributed by atoms with Gasteiger partial charge in [0.2, 0.25) is 0 Å². The molecule has 8 heteroatoms. The van der Waals surface area contributed by atoms with Crippen LogP contribution in [0.25, 0.3) is 22.3 Å². The second-order valence-electron chi connectivity index (χ2n) is 11.0. The Hall–Kier alpha value is -2.74. The van der Waals surface area contributed by atoms with Crippen LogP contribution >= 0.6 is 11.6 Å². The third-order valence-corrected chi connectivity index (χ3v) is 9.01. The van der Waals surface area contributed by atoms with E-state index in [2.05, 4.69) is 17.9 Å². The fourth-order valence-electron chi connectivity index (χ4n) is 6.11. The zero-order valence-electron chi connectivity index (χ0n) is 21.6. The van der Waals surface area contributed by atoms with Crippen LogP contribution in [-0.4, -0.2) is 38.6 Å². The average molecular weight is 522 g/mol. The lowest BCUT2D eigenvalue weighted by molar-refractivity contribution is -0.149. The number of hydrogen-bond acceptors (Lipinski definition) is 6.